The van der Waals surface area contributed by atoms with Crippen molar-refractivity contribution >= 4 is 11.4 Å². The van der Waals surface area contributed by atoms with Gasteiger partial charge in [-0.25, -0.2) is 0 Å². The molecule has 0 saturated heterocycles. The molecule has 0 fully saturated rings. The molecule has 6 N–H and O–H groups in total. The van der Waals surface area contributed by atoms with Gasteiger partial charge in [0.25, 0.3) is 0 Å². The molecular weight excluding hydrogens is 204 g/mol. The molecule has 2 rings (SSSR count). The van der Waals surface area contributed by atoms with Crippen molar-refractivity contribution in [3.8, 4) is 11.5 Å². The van der Waals surface area contributed by atoms with Crippen LogP contribution >= 0.6 is 0 Å². The van der Waals surface area contributed by atoms with E-state index in [9.17, 15) is 0 Å². The van der Waals surface area contributed by atoms with E-state index in [4.69, 9.17) is 21.7 Å². The van der Waals surface area contributed by atoms with Crippen LogP contribution < -0.4 is 11.5 Å². The van der Waals surface area contributed by atoms with Gasteiger partial charge in [0.05, 0.1) is 0 Å². The summed E-state index contributed by atoms with van der Waals surface area (Å²) in [4.78, 5) is 0. The number of aromatic hydroxyl groups is 2. The molecule has 0 saturated carbocycles. The third kappa shape index (κ3) is 4.23. The quantitative estimate of drug-likeness (QED) is 0.401. The number of hydrogen-bond donors (Lipinski definition) is 4. The third-order valence-corrected chi connectivity index (χ3v) is 1.76. The molecule has 16 heavy (non-hydrogen) atoms. The Morgan fingerprint density at radius 3 is 1.69 bits per heavy atom. The largest absolute Gasteiger partial charge is 0.508 e. The van der Waals surface area contributed by atoms with E-state index in [1.54, 1.807) is 42.5 Å². The molecule has 4 heteroatoms. The van der Waals surface area contributed by atoms with Crippen molar-refractivity contribution in [1.29, 1.82) is 0 Å². The van der Waals surface area contributed by atoms with Gasteiger partial charge in [-0.1, -0.05) is 6.07 Å². The molecule has 4 nitrogen and oxygen atoms in total. The lowest BCUT2D eigenvalue weighted by Crippen LogP contribution is -1.80. The second-order valence-electron chi connectivity index (χ2n) is 3.19. The molecule has 0 bridgehead atoms. The van der Waals surface area contributed by atoms with Crippen molar-refractivity contribution in [3.63, 3.8) is 0 Å². The Hall–Kier alpha value is -2.36. The number of anilines is 2. The maximum atomic E-state index is 8.73. The standard InChI is InChI=1S/2C6H7NO/c7-5-1-3-6(8)4-2-5;7-5-2-1-3-6(8)4-5/h2*1-4,8H,7H2. The first kappa shape index (κ1) is 11.7. The molecule has 0 aliphatic carbocycles. The highest BCUT2D eigenvalue weighted by Gasteiger charge is 1.84. The summed E-state index contributed by atoms with van der Waals surface area (Å²) in [5.74, 6) is 0.462. The maximum Gasteiger partial charge on any atom is 0.117 e. The number of nitrogens with two attached hydrogens (primary N) is 2. The molecule has 0 aromatic heterocycles. The van der Waals surface area contributed by atoms with Gasteiger partial charge in [-0.2, -0.15) is 0 Å². The molecule has 0 heterocycles. The summed E-state index contributed by atoms with van der Waals surface area (Å²) >= 11 is 0. The zero-order valence-corrected chi connectivity index (χ0v) is 8.67. The summed E-state index contributed by atoms with van der Waals surface area (Å²) < 4.78 is 0. The monoisotopic (exact) mass is 218 g/mol. The summed E-state index contributed by atoms with van der Waals surface area (Å²) in [6, 6.07) is 12.9. The fourth-order valence-electron chi connectivity index (χ4n) is 0.999. The van der Waals surface area contributed by atoms with Gasteiger partial charge in [0.15, 0.2) is 0 Å². The lowest BCUT2D eigenvalue weighted by molar-refractivity contribution is 0.475. The van der Waals surface area contributed by atoms with E-state index in [-0.39, 0.29) is 11.5 Å². The third-order valence-electron chi connectivity index (χ3n) is 1.76. The minimum absolute atomic E-state index is 0.213. The van der Waals surface area contributed by atoms with E-state index < -0.39 is 0 Å². The Balaban J connectivity index is 0.000000160. The van der Waals surface area contributed by atoms with Gasteiger partial charge in [0, 0.05) is 17.4 Å². The molecule has 0 radical (unpaired) electrons. The molecule has 0 spiro atoms. The number of hydrogen-bond acceptors (Lipinski definition) is 4. The molecule has 2 aromatic carbocycles. The molecular formula is C12H14N2O2. The van der Waals surface area contributed by atoms with Gasteiger partial charge >= 0.3 is 0 Å². The zero-order chi connectivity index (χ0) is 12.0. The van der Waals surface area contributed by atoms with Crippen molar-refractivity contribution in [2.75, 3.05) is 11.5 Å². The number of phenolic OH excluding ortho intramolecular Hbond substituents is 2. The molecule has 0 aliphatic heterocycles. The van der Waals surface area contributed by atoms with Gasteiger partial charge in [0.2, 0.25) is 0 Å². The van der Waals surface area contributed by atoms with Crippen LogP contribution in [0, 0.1) is 0 Å². The first-order valence-electron chi connectivity index (χ1n) is 4.67. The lowest BCUT2D eigenvalue weighted by atomic mass is 10.3. The van der Waals surface area contributed by atoms with Crippen LogP contribution in [0.4, 0.5) is 11.4 Å². The Morgan fingerprint density at radius 2 is 1.31 bits per heavy atom. The Bertz CT molecular complexity index is 403. The Morgan fingerprint density at radius 1 is 0.688 bits per heavy atom. The molecule has 84 valence electrons. The second kappa shape index (κ2) is 5.50. The highest BCUT2D eigenvalue weighted by Crippen LogP contribution is 2.11. The summed E-state index contributed by atoms with van der Waals surface area (Å²) in [7, 11) is 0. The van der Waals surface area contributed by atoms with Gasteiger partial charge in [0.1, 0.15) is 11.5 Å². The first-order valence-corrected chi connectivity index (χ1v) is 4.67. The minimum Gasteiger partial charge on any atom is -0.508 e. The van der Waals surface area contributed by atoms with E-state index in [0.717, 1.165) is 0 Å². The highest BCUT2D eigenvalue weighted by molar-refractivity contribution is 5.42. The first-order chi connectivity index (χ1) is 7.58. The van der Waals surface area contributed by atoms with Crippen LogP contribution in [0.25, 0.3) is 0 Å². The van der Waals surface area contributed by atoms with E-state index in [1.165, 1.54) is 6.07 Å². The van der Waals surface area contributed by atoms with Gasteiger partial charge < -0.3 is 21.7 Å². The number of phenols is 2. The molecule has 0 unspecified atom stereocenters. The van der Waals surface area contributed by atoms with Crippen LogP contribution in [0.3, 0.4) is 0 Å². The molecule has 0 amide bonds. The predicted molar refractivity (Wildman–Crippen MR) is 65.0 cm³/mol. The van der Waals surface area contributed by atoms with Crippen LogP contribution in [0.15, 0.2) is 48.5 Å². The number of benzene rings is 2. The topological polar surface area (TPSA) is 92.5 Å². The summed E-state index contributed by atoms with van der Waals surface area (Å²) in [5, 5.41) is 17.4. The second-order valence-corrected chi connectivity index (χ2v) is 3.19. The van der Waals surface area contributed by atoms with Crippen molar-refractivity contribution in [3.05, 3.63) is 48.5 Å². The average Bonchev–Trinajstić information content (AvgIpc) is 2.23. The lowest BCUT2D eigenvalue weighted by Gasteiger charge is -1.90. The SMILES string of the molecule is Nc1ccc(O)cc1.Nc1cccc(O)c1. The van der Waals surface area contributed by atoms with E-state index in [0.29, 0.717) is 11.4 Å². The maximum absolute atomic E-state index is 8.73. The Labute approximate surface area is 93.8 Å². The van der Waals surface area contributed by atoms with Crippen molar-refractivity contribution in [2.24, 2.45) is 0 Å². The predicted octanol–water partition coefficient (Wildman–Crippen LogP) is 1.95. The molecule has 0 atom stereocenters. The zero-order valence-electron chi connectivity index (χ0n) is 8.67. The van der Waals surface area contributed by atoms with Crippen LogP contribution in [0.2, 0.25) is 0 Å². The van der Waals surface area contributed by atoms with Crippen molar-refractivity contribution < 1.29 is 10.2 Å². The number of rotatable bonds is 0. The summed E-state index contributed by atoms with van der Waals surface area (Å²) in [5.41, 5.74) is 11.9. The minimum atomic E-state index is 0.213. The molecule has 0 aliphatic rings. The van der Waals surface area contributed by atoms with Gasteiger partial charge in [-0.15, -0.1) is 0 Å². The summed E-state index contributed by atoms with van der Waals surface area (Å²) in [6.07, 6.45) is 0. The van der Waals surface area contributed by atoms with Crippen molar-refractivity contribution in [2.45, 2.75) is 0 Å². The van der Waals surface area contributed by atoms with Gasteiger partial charge in [-0.3, -0.25) is 0 Å². The van der Waals surface area contributed by atoms with Crippen molar-refractivity contribution in [1.82, 2.24) is 0 Å². The highest BCUT2D eigenvalue weighted by atomic mass is 16.3. The van der Waals surface area contributed by atoms with Crippen LogP contribution in [0.5, 0.6) is 11.5 Å². The smallest absolute Gasteiger partial charge is 0.117 e. The van der Waals surface area contributed by atoms with E-state index >= 15 is 0 Å². The molecule has 2 aromatic rings. The van der Waals surface area contributed by atoms with Crippen LogP contribution in [0.1, 0.15) is 0 Å². The van der Waals surface area contributed by atoms with Crippen LogP contribution in [-0.4, -0.2) is 10.2 Å². The number of nitrogen functional groups attached to an aromatic ring is 2. The Kier molecular flexibility index (Phi) is 4.03. The fourth-order valence-corrected chi connectivity index (χ4v) is 0.999. The average molecular weight is 218 g/mol. The normalized spacial score (nSPS) is 9.00. The summed E-state index contributed by atoms with van der Waals surface area (Å²) in [6.45, 7) is 0. The van der Waals surface area contributed by atoms with E-state index in [2.05, 4.69) is 0 Å². The fraction of sp³-hybridized carbons (Fsp3) is 0. The van der Waals surface area contributed by atoms with Crippen LogP contribution in [-0.2, 0) is 0 Å². The van der Waals surface area contributed by atoms with E-state index in [1.807, 2.05) is 0 Å². The van der Waals surface area contributed by atoms with Gasteiger partial charge in [-0.05, 0) is 36.4 Å².